The van der Waals surface area contributed by atoms with Gasteiger partial charge in [0.25, 0.3) is 0 Å². The number of carbonyl (C=O) groups is 2. The summed E-state index contributed by atoms with van der Waals surface area (Å²) in [6, 6.07) is 8.49. The molecule has 0 unspecified atom stereocenters. The minimum atomic E-state index is -0.568. The van der Waals surface area contributed by atoms with Gasteiger partial charge >= 0.3 is 0 Å². The molecule has 0 saturated carbocycles. The van der Waals surface area contributed by atoms with Gasteiger partial charge < -0.3 is 21.3 Å². The Labute approximate surface area is 140 Å². The molecule has 126 valence electrons. The predicted molar refractivity (Wildman–Crippen MR) is 93.1 cm³/mol. The Morgan fingerprint density at radius 3 is 2.46 bits per heavy atom. The zero-order chi connectivity index (χ0) is 17.7. The lowest BCUT2D eigenvalue weighted by atomic mass is 10.2. The molecule has 0 aliphatic rings. The topological polar surface area (TPSA) is 113 Å². The number of amides is 2. The molecule has 0 fully saturated rings. The predicted octanol–water partition coefficient (Wildman–Crippen LogP) is 1.49. The van der Waals surface area contributed by atoms with E-state index in [2.05, 4.69) is 20.6 Å². The van der Waals surface area contributed by atoms with Crippen molar-refractivity contribution in [2.75, 3.05) is 22.6 Å². The van der Waals surface area contributed by atoms with Crippen LogP contribution in [0.15, 0.2) is 36.5 Å². The third kappa shape index (κ3) is 4.42. The number of carbonyl (C=O) groups excluding carboxylic acids is 2. The van der Waals surface area contributed by atoms with Gasteiger partial charge in [0.2, 0.25) is 17.8 Å². The smallest absolute Gasteiger partial charge is 0.239 e. The van der Waals surface area contributed by atoms with E-state index in [-0.39, 0.29) is 5.91 Å². The normalized spacial score (nSPS) is 11.5. The van der Waals surface area contributed by atoms with Gasteiger partial charge in [0, 0.05) is 31.5 Å². The van der Waals surface area contributed by atoms with Gasteiger partial charge in [-0.2, -0.15) is 4.98 Å². The minimum absolute atomic E-state index is 0.0363. The Hall–Kier alpha value is -3.16. The lowest BCUT2D eigenvalue weighted by Gasteiger charge is -2.15. The van der Waals surface area contributed by atoms with Crippen molar-refractivity contribution in [1.29, 1.82) is 0 Å². The van der Waals surface area contributed by atoms with Crippen molar-refractivity contribution in [2.24, 2.45) is 5.73 Å². The van der Waals surface area contributed by atoms with Crippen LogP contribution >= 0.6 is 0 Å². The van der Waals surface area contributed by atoms with Crippen LogP contribution in [0.2, 0.25) is 0 Å². The standard InChI is InChI=1S/C16H20N6O2/c1-10(15(17)24)19-16-18-9-8-14(21-16)20-12-4-6-13(7-5-12)22(3)11(2)23/h4-10H,1-3H3,(H2,17,24)(H2,18,19,20,21)/t10-/m1/s1. The van der Waals surface area contributed by atoms with Gasteiger partial charge in [-0.05, 0) is 37.3 Å². The fourth-order valence-corrected chi connectivity index (χ4v) is 1.86. The molecule has 1 heterocycles. The van der Waals surface area contributed by atoms with E-state index in [1.165, 1.54) is 6.92 Å². The van der Waals surface area contributed by atoms with E-state index < -0.39 is 11.9 Å². The number of hydrogen-bond donors (Lipinski definition) is 3. The molecule has 0 radical (unpaired) electrons. The van der Waals surface area contributed by atoms with Gasteiger partial charge in [0.1, 0.15) is 11.9 Å². The molecule has 2 amide bonds. The quantitative estimate of drug-likeness (QED) is 0.740. The summed E-state index contributed by atoms with van der Waals surface area (Å²) < 4.78 is 0. The maximum absolute atomic E-state index is 11.3. The first-order valence-corrected chi connectivity index (χ1v) is 7.37. The highest BCUT2D eigenvalue weighted by Gasteiger charge is 2.10. The molecule has 0 spiro atoms. The largest absolute Gasteiger partial charge is 0.368 e. The van der Waals surface area contributed by atoms with Crippen molar-refractivity contribution in [3.63, 3.8) is 0 Å². The molecular weight excluding hydrogens is 308 g/mol. The molecule has 24 heavy (non-hydrogen) atoms. The second-order valence-electron chi connectivity index (χ2n) is 5.28. The lowest BCUT2D eigenvalue weighted by Crippen LogP contribution is -2.33. The molecule has 2 rings (SSSR count). The molecule has 0 aliphatic carbocycles. The van der Waals surface area contributed by atoms with Crippen LogP contribution in [0.4, 0.5) is 23.1 Å². The number of hydrogen-bond acceptors (Lipinski definition) is 6. The highest BCUT2D eigenvalue weighted by molar-refractivity contribution is 5.91. The number of aromatic nitrogens is 2. The Balaban J connectivity index is 2.08. The molecule has 1 atom stereocenters. The fraction of sp³-hybridized carbons (Fsp3) is 0.250. The summed E-state index contributed by atoms with van der Waals surface area (Å²) in [5.41, 5.74) is 6.81. The summed E-state index contributed by atoms with van der Waals surface area (Å²) in [6.07, 6.45) is 1.57. The van der Waals surface area contributed by atoms with E-state index in [9.17, 15) is 9.59 Å². The van der Waals surface area contributed by atoms with E-state index in [0.29, 0.717) is 11.8 Å². The number of nitrogens with two attached hydrogens (primary N) is 1. The van der Waals surface area contributed by atoms with Gasteiger partial charge in [-0.3, -0.25) is 9.59 Å². The SMILES string of the molecule is CC(=O)N(C)c1ccc(Nc2ccnc(N[C@H](C)C(N)=O)n2)cc1. The van der Waals surface area contributed by atoms with Gasteiger partial charge in [-0.1, -0.05) is 0 Å². The Morgan fingerprint density at radius 1 is 1.21 bits per heavy atom. The van der Waals surface area contributed by atoms with Crippen LogP contribution in [0.5, 0.6) is 0 Å². The Bertz CT molecular complexity index is 732. The summed E-state index contributed by atoms with van der Waals surface area (Å²) in [5, 5.41) is 5.95. The average molecular weight is 328 g/mol. The van der Waals surface area contributed by atoms with Crippen LogP contribution < -0.4 is 21.3 Å². The first-order valence-electron chi connectivity index (χ1n) is 7.37. The number of benzene rings is 1. The second kappa shape index (κ2) is 7.40. The summed E-state index contributed by atoms with van der Waals surface area (Å²) in [5.74, 6) is 0.351. The molecule has 1 aromatic heterocycles. The molecule has 8 heteroatoms. The van der Waals surface area contributed by atoms with E-state index in [0.717, 1.165) is 11.4 Å². The van der Waals surface area contributed by atoms with Crippen molar-refractivity contribution in [1.82, 2.24) is 9.97 Å². The first-order chi connectivity index (χ1) is 11.4. The molecular formula is C16H20N6O2. The van der Waals surface area contributed by atoms with Crippen LogP contribution in [-0.2, 0) is 9.59 Å². The number of nitrogens with one attached hydrogen (secondary N) is 2. The van der Waals surface area contributed by atoms with Crippen molar-refractivity contribution in [3.05, 3.63) is 36.5 Å². The van der Waals surface area contributed by atoms with Gasteiger partial charge in [0.05, 0.1) is 0 Å². The van der Waals surface area contributed by atoms with Crippen molar-refractivity contribution in [3.8, 4) is 0 Å². The lowest BCUT2D eigenvalue weighted by molar-refractivity contribution is -0.118. The monoisotopic (exact) mass is 328 g/mol. The molecule has 0 bridgehead atoms. The Morgan fingerprint density at radius 2 is 1.88 bits per heavy atom. The van der Waals surface area contributed by atoms with Gasteiger partial charge in [0.15, 0.2) is 0 Å². The molecule has 2 aromatic rings. The summed E-state index contributed by atoms with van der Waals surface area (Å²) in [7, 11) is 1.72. The minimum Gasteiger partial charge on any atom is -0.368 e. The van der Waals surface area contributed by atoms with Crippen LogP contribution in [0.1, 0.15) is 13.8 Å². The maximum Gasteiger partial charge on any atom is 0.239 e. The number of rotatable bonds is 6. The average Bonchev–Trinajstić information content (AvgIpc) is 2.55. The number of primary amides is 1. The van der Waals surface area contributed by atoms with Gasteiger partial charge in [-0.25, -0.2) is 4.98 Å². The third-order valence-corrected chi connectivity index (χ3v) is 3.43. The molecule has 0 saturated heterocycles. The maximum atomic E-state index is 11.3. The third-order valence-electron chi connectivity index (χ3n) is 3.43. The molecule has 1 aromatic carbocycles. The van der Waals surface area contributed by atoms with Gasteiger partial charge in [-0.15, -0.1) is 0 Å². The van der Waals surface area contributed by atoms with E-state index in [1.54, 1.807) is 31.1 Å². The number of nitrogens with zero attached hydrogens (tertiary/aromatic N) is 3. The van der Waals surface area contributed by atoms with Crippen molar-refractivity contribution >= 4 is 35.0 Å². The summed E-state index contributed by atoms with van der Waals surface area (Å²) >= 11 is 0. The number of anilines is 4. The fourth-order valence-electron chi connectivity index (χ4n) is 1.86. The highest BCUT2D eigenvalue weighted by Crippen LogP contribution is 2.20. The van der Waals surface area contributed by atoms with Crippen LogP contribution in [0.25, 0.3) is 0 Å². The second-order valence-corrected chi connectivity index (χ2v) is 5.28. The zero-order valence-corrected chi connectivity index (χ0v) is 13.8. The van der Waals surface area contributed by atoms with Crippen molar-refractivity contribution in [2.45, 2.75) is 19.9 Å². The first kappa shape index (κ1) is 17.2. The molecule has 4 N–H and O–H groups in total. The summed E-state index contributed by atoms with van der Waals surface area (Å²) in [4.78, 5) is 32.3. The Kier molecular flexibility index (Phi) is 5.31. The molecule has 0 aliphatic heterocycles. The van der Waals surface area contributed by atoms with Crippen LogP contribution in [-0.4, -0.2) is 34.9 Å². The summed E-state index contributed by atoms with van der Waals surface area (Å²) in [6.45, 7) is 3.14. The molecule has 8 nitrogen and oxygen atoms in total. The van der Waals surface area contributed by atoms with Crippen LogP contribution in [0, 0.1) is 0 Å². The van der Waals surface area contributed by atoms with E-state index >= 15 is 0 Å². The van der Waals surface area contributed by atoms with Crippen LogP contribution in [0.3, 0.4) is 0 Å². The highest BCUT2D eigenvalue weighted by atomic mass is 16.2. The van der Waals surface area contributed by atoms with E-state index in [4.69, 9.17) is 5.73 Å². The van der Waals surface area contributed by atoms with Crippen molar-refractivity contribution < 1.29 is 9.59 Å². The zero-order valence-electron chi connectivity index (χ0n) is 13.8. The van der Waals surface area contributed by atoms with E-state index in [1.807, 2.05) is 24.3 Å².